The average molecular weight is 259 g/mol. The van der Waals surface area contributed by atoms with Gasteiger partial charge >= 0.3 is 0 Å². The SMILES string of the molecule is CCCNCC1CCCCC1CCc1ccccc1. The average Bonchev–Trinajstić information content (AvgIpc) is 2.48. The lowest BCUT2D eigenvalue weighted by Crippen LogP contribution is -2.31. The van der Waals surface area contributed by atoms with Crippen LogP contribution >= 0.6 is 0 Å². The topological polar surface area (TPSA) is 12.0 Å². The third-order valence-electron chi connectivity index (χ3n) is 4.55. The van der Waals surface area contributed by atoms with E-state index in [1.807, 2.05) is 0 Å². The van der Waals surface area contributed by atoms with E-state index >= 15 is 0 Å². The number of hydrogen-bond donors (Lipinski definition) is 1. The minimum Gasteiger partial charge on any atom is -0.316 e. The monoisotopic (exact) mass is 259 g/mol. The van der Waals surface area contributed by atoms with Gasteiger partial charge in [0.2, 0.25) is 0 Å². The number of rotatable bonds is 7. The number of aryl methyl sites for hydroxylation is 1. The molecule has 1 aliphatic carbocycles. The maximum atomic E-state index is 3.63. The fourth-order valence-corrected chi connectivity index (χ4v) is 3.39. The highest BCUT2D eigenvalue weighted by atomic mass is 14.9. The molecule has 1 saturated carbocycles. The molecule has 106 valence electrons. The van der Waals surface area contributed by atoms with E-state index in [2.05, 4.69) is 42.6 Å². The minimum atomic E-state index is 0.920. The predicted octanol–water partition coefficient (Wildman–Crippen LogP) is 4.43. The second-order valence-corrected chi connectivity index (χ2v) is 6.03. The van der Waals surface area contributed by atoms with Gasteiger partial charge < -0.3 is 5.32 Å². The highest BCUT2D eigenvalue weighted by molar-refractivity contribution is 5.14. The molecule has 2 unspecified atom stereocenters. The van der Waals surface area contributed by atoms with E-state index in [0.29, 0.717) is 0 Å². The summed E-state index contributed by atoms with van der Waals surface area (Å²) in [5, 5.41) is 3.63. The van der Waals surface area contributed by atoms with Crippen molar-refractivity contribution >= 4 is 0 Å². The minimum absolute atomic E-state index is 0.920. The van der Waals surface area contributed by atoms with E-state index in [9.17, 15) is 0 Å². The molecule has 2 atom stereocenters. The van der Waals surface area contributed by atoms with Gasteiger partial charge in [0.15, 0.2) is 0 Å². The van der Waals surface area contributed by atoms with Gasteiger partial charge in [-0.3, -0.25) is 0 Å². The lowest BCUT2D eigenvalue weighted by atomic mass is 9.76. The second kappa shape index (κ2) is 8.37. The number of nitrogens with one attached hydrogen (secondary N) is 1. The van der Waals surface area contributed by atoms with Gasteiger partial charge in [0.1, 0.15) is 0 Å². The molecule has 0 radical (unpaired) electrons. The van der Waals surface area contributed by atoms with E-state index in [1.54, 1.807) is 0 Å². The first-order chi connectivity index (χ1) is 9.40. The molecule has 0 aliphatic heterocycles. The quantitative estimate of drug-likeness (QED) is 0.715. The molecule has 0 bridgehead atoms. The van der Waals surface area contributed by atoms with Crippen LogP contribution in [-0.4, -0.2) is 13.1 Å². The van der Waals surface area contributed by atoms with Gasteiger partial charge in [0, 0.05) is 0 Å². The van der Waals surface area contributed by atoms with Gasteiger partial charge in [0.05, 0.1) is 0 Å². The Morgan fingerprint density at radius 1 is 1.05 bits per heavy atom. The Hall–Kier alpha value is -0.820. The molecule has 2 rings (SSSR count). The molecule has 1 N–H and O–H groups in total. The van der Waals surface area contributed by atoms with Gasteiger partial charge in [-0.1, -0.05) is 56.5 Å². The fraction of sp³-hybridized carbons (Fsp3) is 0.667. The molecule has 0 spiro atoms. The van der Waals surface area contributed by atoms with Crippen LogP contribution in [-0.2, 0) is 6.42 Å². The van der Waals surface area contributed by atoms with Crippen LogP contribution in [0.15, 0.2) is 30.3 Å². The van der Waals surface area contributed by atoms with Crippen LogP contribution in [0.4, 0.5) is 0 Å². The summed E-state index contributed by atoms with van der Waals surface area (Å²) in [6, 6.07) is 11.0. The first-order valence-electron chi connectivity index (χ1n) is 8.14. The van der Waals surface area contributed by atoms with Crippen molar-refractivity contribution in [3.05, 3.63) is 35.9 Å². The smallest absolute Gasteiger partial charge is 0.00179 e. The van der Waals surface area contributed by atoms with Gasteiger partial charge in [-0.15, -0.1) is 0 Å². The highest BCUT2D eigenvalue weighted by Gasteiger charge is 2.24. The molecule has 1 aromatic rings. The maximum Gasteiger partial charge on any atom is -0.00179 e. The lowest BCUT2D eigenvalue weighted by molar-refractivity contribution is 0.218. The third-order valence-corrected chi connectivity index (χ3v) is 4.55. The normalized spacial score (nSPS) is 23.4. The molecule has 0 amide bonds. The molecule has 1 fully saturated rings. The van der Waals surface area contributed by atoms with Gasteiger partial charge in [-0.05, 0) is 56.2 Å². The number of hydrogen-bond acceptors (Lipinski definition) is 1. The van der Waals surface area contributed by atoms with Gasteiger partial charge in [-0.2, -0.15) is 0 Å². The van der Waals surface area contributed by atoms with Crippen molar-refractivity contribution < 1.29 is 0 Å². The van der Waals surface area contributed by atoms with Crippen LogP contribution in [0.1, 0.15) is 51.0 Å². The molecule has 0 heterocycles. The Labute approximate surface area is 118 Å². The van der Waals surface area contributed by atoms with Crippen molar-refractivity contribution in [3.63, 3.8) is 0 Å². The maximum absolute atomic E-state index is 3.63. The zero-order valence-corrected chi connectivity index (χ0v) is 12.4. The van der Waals surface area contributed by atoms with Crippen LogP contribution in [0.25, 0.3) is 0 Å². The first-order valence-corrected chi connectivity index (χ1v) is 8.14. The van der Waals surface area contributed by atoms with Crippen molar-refractivity contribution in [1.82, 2.24) is 5.32 Å². The molecular formula is C18H29N. The van der Waals surface area contributed by atoms with Crippen molar-refractivity contribution in [1.29, 1.82) is 0 Å². The summed E-state index contributed by atoms with van der Waals surface area (Å²) < 4.78 is 0. The molecule has 1 nitrogen and oxygen atoms in total. The molecule has 1 aliphatic rings. The fourth-order valence-electron chi connectivity index (χ4n) is 3.39. The van der Waals surface area contributed by atoms with Crippen LogP contribution < -0.4 is 5.32 Å². The molecule has 0 aromatic heterocycles. The van der Waals surface area contributed by atoms with Crippen molar-refractivity contribution in [2.24, 2.45) is 11.8 Å². The van der Waals surface area contributed by atoms with Crippen LogP contribution in [0, 0.1) is 11.8 Å². The summed E-state index contributed by atoms with van der Waals surface area (Å²) in [5.41, 5.74) is 1.51. The summed E-state index contributed by atoms with van der Waals surface area (Å²) in [5.74, 6) is 1.86. The van der Waals surface area contributed by atoms with E-state index in [4.69, 9.17) is 0 Å². The Morgan fingerprint density at radius 2 is 1.79 bits per heavy atom. The molecule has 19 heavy (non-hydrogen) atoms. The zero-order chi connectivity index (χ0) is 13.3. The highest BCUT2D eigenvalue weighted by Crippen LogP contribution is 2.32. The summed E-state index contributed by atoms with van der Waals surface area (Å²) in [7, 11) is 0. The van der Waals surface area contributed by atoms with E-state index in [1.165, 1.54) is 63.6 Å². The van der Waals surface area contributed by atoms with Crippen molar-refractivity contribution in [2.75, 3.05) is 13.1 Å². The van der Waals surface area contributed by atoms with E-state index < -0.39 is 0 Å². The summed E-state index contributed by atoms with van der Waals surface area (Å²) in [6.45, 7) is 4.68. The van der Waals surface area contributed by atoms with E-state index in [0.717, 1.165) is 11.8 Å². The van der Waals surface area contributed by atoms with E-state index in [-0.39, 0.29) is 0 Å². The Kier molecular flexibility index (Phi) is 6.43. The summed E-state index contributed by atoms with van der Waals surface area (Å²) in [4.78, 5) is 0. The largest absolute Gasteiger partial charge is 0.316 e. The van der Waals surface area contributed by atoms with Gasteiger partial charge in [-0.25, -0.2) is 0 Å². The standard InChI is InChI=1S/C18H29N/c1-2-14-19-15-18-11-7-6-10-17(18)13-12-16-8-4-3-5-9-16/h3-5,8-9,17-19H,2,6-7,10-15H2,1H3. The predicted molar refractivity (Wildman–Crippen MR) is 83.4 cm³/mol. The number of benzene rings is 1. The summed E-state index contributed by atoms with van der Waals surface area (Å²) in [6.07, 6.45) is 9.67. The Bertz CT molecular complexity index is 333. The molecule has 1 aromatic carbocycles. The lowest BCUT2D eigenvalue weighted by Gasteiger charge is -2.32. The van der Waals surface area contributed by atoms with Crippen molar-refractivity contribution in [2.45, 2.75) is 51.9 Å². The summed E-state index contributed by atoms with van der Waals surface area (Å²) >= 11 is 0. The van der Waals surface area contributed by atoms with Crippen LogP contribution in [0.2, 0.25) is 0 Å². The van der Waals surface area contributed by atoms with Crippen molar-refractivity contribution in [3.8, 4) is 0 Å². The molecular weight excluding hydrogens is 230 g/mol. The Balaban J connectivity index is 1.78. The molecule has 0 saturated heterocycles. The third kappa shape index (κ3) is 4.99. The van der Waals surface area contributed by atoms with Crippen LogP contribution in [0.5, 0.6) is 0 Å². The van der Waals surface area contributed by atoms with Gasteiger partial charge in [0.25, 0.3) is 0 Å². The van der Waals surface area contributed by atoms with Crippen LogP contribution in [0.3, 0.4) is 0 Å². The molecule has 1 heteroatoms. The second-order valence-electron chi connectivity index (χ2n) is 6.03. The first kappa shape index (κ1) is 14.6. The Morgan fingerprint density at radius 3 is 2.53 bits per heavy atom. The zero-order valence-electron chi connectivity index (χ0n) is 12.4.